The van der Waals surface area contributed by atoms with E-state index in [0.29, 0.717) is 19.3 Å². The molecule has 0 heterocycles. The molecule has 260 valence electrons. The largest absolute Gasteiger partial charge is 0.462 e. The van der Waals surface area contributed by atoms with Gasteiger partial charge in [0, 0.05) is 12.8 Å². The highest BCUT2D eigenvalue weighted by atomic mass is 16.6. The molecule has 0 aliphatic carbocycles. The highest BCUT2D eigenvalue weighted by molar-refractivity contribution is 5.70. The Balaban J connectivity index is 3.88. The van der Waals surface area contributed by atoms with Gasteiger partial charge in [-0.3, -0.25) is 9.59 Å². The third-order valence-corrected chi connectivity index (χ3v) is 7.51. The van der Waals surface area contributed by atoms with Crippen LogP contribution in [0.5, 0.6) is 0 Å². The van der Waals surface area contributed by atoms with Crippen molar-refractivity contribution in [2.75, 3.05) is 13.2 Å². The third kappa shape index (κ3) is 31.5. The van der Waals surface area contributed by atoms with E-state index in [1.165, 1.54) is 44.9 Å². The lowest BCUT2D eigenvalue weighted by atomic mass is 10.0. The number of hydrogen-bond acceptors (Lipinski definition) is 7. The van der Waals surface area contributed by atoms with E-state index >= 15 is 0 Å². The summed E-state index contributed by atoms with van der Waals surface area (Å²) < 4.78 is 10.4. The van der Waals surface area contributed by atoms with Gasteiger partial charge in [0.1, 0.15) is 6.61 Å². The van der Waals surface area contributed by atoms with Crippen molar-refractivity contribution in [3.63, 3.8) is 0 Å². The number of aliphatic hydroxyl groups excluding tert-OH is 3. The van der Waals surface area contributed by atoms with E-state index in [2.05, 4.69) is 20.8 Å². The molecule has 0 saturated carbocycles. The van der Waals surface area contributed by atoms with Gasteiger partial charge in [-0.2, -0.15) is 0 Å². The minimum atomic E-state index is -0.877. The highest BCUT2D eigenvalue weighted by Crippen LogP contribution is 2.14. The van der Waals surface area contributed by atoms with Gasteiger partial charge < -0.3 is 24.8 Å². The van der Waals surface area contributed by atoms with Crippen molar-refractivity contribution in [3.8, 4) is 0 Å². The standard InChI is InChI=1S/C38H66O7/c1-4-5-18-25-34(40)26-20-15-11-9-12-16-21-27-35(41)28-23-30-38(43)45-36(31-39)32-44-37(42)29-22-17-13-8-6-7-10-14-19-24-33(2)3/h11-12,15-16,20-21,26-27,33-36,39-41H,4-10,13-14,17-19,22-25,28-32H2,1-3H3/b15-11-,16-12-,26-20+,27-21+/t34-,35-,36+/m1/s1. The molecule has 0 aromatic carbocycles. The quantitative estimate of drug-likeness (QED) is 0.0413. The fourth-order valence-corrected chi connectivity index (χ4v) is 4.72. The SMILES string of the molecule is CCCCC[C@@H](O)/C=C/C=C\C/C=C\C=C\[C@@H](O)CCCC(=O)O[C@@H](CO)COC(=O)CCCCCCCCCCCC(C)C. The van der Waals surface area contributed by atoms with Crippen molar-refractivity contribution in [2.24, 2.45) is 5.92 Å². The smallest absolute Gasteiger partial charge is 0.306 e. The van der Waals surface area contributed by atoms with Crippen LogP contribution >= 0.6 is 0 Å². The van der Waals surface area contributed by atoms with Crippen molar-refractivity contribution in [3.05, 3.63) is 48.6 Å². The van der Waals surface area contributed by atoms with Crippen molar-refractivity contribution < 1.29 is 34.4 Å². The van der Waals surface area contributed by atoms with Crippen LogP contribution in [0.2, 0.25) is 0 Å². The molecule has 0 aromatic rings. The molecule has 0 unspecified atom stereocenters. The summed E-state index contributed by atoms with van der Waals surface area (Å²) in [5.74, 6) is -0.0234. The average Bonchev–Trinajstić information content (AvgIpc) is 3.00. The number of aliphatic hydroxyl groups is 3. The number of carbonyl (C=O) groups excluding carboxylic acids is 2. The molecule has 0 bridgehead atoms. The summed E-state index contributed by atoms with van der Waals surface area (Å²) in [5, 5.41) is 29.5. The molecule has 0 fully saturated rings. The Morgan fingerprint density at radius 3 is 1.71 bits per heavy atom. The maximum absolute atomic E-state index is 12.1. The molecule has 0 radical (unpaired) electrons. The molecule has 3 N–H and O–H groups in total. The summed E-state index contributed by atoms with van der Waals surface area (Å²) in [6.45, 7) is 6.13. The van der Waals surface area contributed by atoms with Crippen LogP contribution in [0.25, 0.3) is 0 Å². The molecule has 0 aromatic heterocycles. The maximum atomic E-state index is 12.1. The summed E-state index contributed by atoms with van der Waals surface area (Å²) in [4.78, 5) is 24.2. The number of unbranched alkanes of at least 4 members (excludes halogenated alkanes) is 10. The first-order valence-electron chi connectivity index (χ1n) is 17.8. The minimum absolute atomic E-state index is 0.106. The normalized spacial score (nSPS) is 14.3. The molecule has 0 rings (SSSR count). The van der Waals surface area contributed by atoms with Gasteiger partial charge in [0.05, 0.1) is 18.8 Å². The first kappa shape index (κ1) is 42.8. The lowest BCUT2D eigenvalue weighted by Gasteiger charge is -2.16. The molecule has 0 saturated heterocycles. The summed E-state index contributed by atoms with van der Waals surface area (Å²) in [6, 6.07) is 0. The number of esters is 2. The van der Waals surface area contributed by atoms with Gasteiger partial charge in [-0.1, -0.05) is 146 Å². The number of rotatable bonds is 30. The monoisotopic (exact) mass is 634 g/mol. The Kier molecular flexibility index (Phi) is 30.2. The topological polar surface area (TPSA) is 113 Å². The van der Waals surface area contributed by atoms with Gasteiger partial charge in [-0.15, -0.1) is 0 Å². The fraction of sp³-hybridized carbons (Fsp3) is 0.737. The van der Waals surface area contributed by atoms with Crippen molar-refractivity contribution in [1.82, 2.24) is 0 Å². The van der Waals surface area contributed by atoms with Crippen molar-refractivity contribution >= 4 is 11.9 Å². The summed E-state index contributed by atoms with van der Waals surface area (Å²) in [5.41, 5.74) is 0. The average molecular weight is 635 g/mol. The predicted octanol–water partition coefficient (Wildman–Crippen LogP) is 8.47. The van der Waals surface area contributed by atoms with Crippen LogP contribution in [0.1, 0.15) is 143 Å². The fourth-order valence-electron chi connectivity index (χ4n) is 4.72. The van der Waals surface area contributed by atoms with Crippen LogP contribution in [-0.2, 0) is 19.1 Å². The van der Waals surface area contributed by atoms with Gasteiger partial charge in [0.15, 0.2) is 6.10 Å². The molecule has 0 amide bonds. The second kappa shape index (κ2) is 31.7. The molecular weight excluding hydrogens is 568 g/mol. The molecule has 3 atom stereocenters. The molecule has 0 aliphatic rings. The number of carbonyl (C=O) groups is 2. The molecule has 7 nitrogen and oxygen atoms in total. The van der Waals surface area contributed by atoms with Crippen LogP contribution in [0.15, 0.2) is 48.6 Å². The molecule has 0 spiro atoms. The van der Waals surface area contributed by atoms with E-state index in [9.17, 15) is 24.9 Å². The summed E-state index contributed by atoms with van der Waals surface area (Å²) in [7, 11) is 0. The van der Waals surface area contributed by atoms with Crippen LogP contribution in [0, 0.1) is 5.92 Å². The van der Waals surface area contributed by atoms with Crippen LogP contribution in [-0.4, -0.2) is 58.8 Å². The van der Waals surface area contributed by atoms with Crippen LogP contribution < -0.4 is 0 Å². The van der Waals surface area contributed by atoms with Gasteiger partial charge in [0.25, 0.3) is 0 Å². The second-order valence-electron chi connectivity index (χ2n) is 12.5. The first-order valence-corrected chi connectivity index (χ1v) is 17.8. The predicted molar refractivity (Wildman–Crippen MR) is 185 cm³/mol. The van der Waals surface area contributed by atoms with E-state index in [1.54, 1.807) is 12.2 Å². The van der Waals surface area contributed by atoms with Gasteiger partial charge in [0.2, 0.25) is 0 Å². The lowest BCUT2D eigenvalue weighted by Crippen LogP contribution is -2.28. The van der Waals surface area contributed by atoms with Gasteiger partial charge in [-0.25, -0.2) is 0 Å². The number of hydrogen-bond donors (Lipinski definition) is 3. The molecule has 7 heteroatoms. The third-order valence-electron chi connectivity index (χ3n) is 7.51. The van der Waals surface area contributed by atoms with Gasteiger partial charge in [-0.05, 0) is 38.0 Å². The Morgan fingerprint density at radius 1 is 0.644 bits per heavy atom. The highest BCUT2D eigenvalue weighted by Gasteiger charge is 2.16. The molecule has 45 heavy (non-hydrogen) atoms. The van der Waals surface area contributed by atoms with Crippen LogP contribution in [0.4, 0.5) is 0 Å². The lowest BCUT2D eigenvalue weighted by molar-refractivity contribution is -0.161. The summed E-state index contributed by atoms with van der Waals surface area (Å²) in [6.07, 6.45) is 31.0. The van der Waals surface area contributed by atoms with E-state index in [4.69, 9.17) is 9.47 Å². The maximum Gasteiger partial charge on any atom is 0.306 e. The van der Waals surface area contributed by atoms with E-state index in [-0.39, 0.29) is 25.1 Å². The number of allylic oxidation sites excluding steroid dienone is 6. The second-order valence-corrected chi connectivity index (χ2v) is 12.5. The molecular formula is C38H66O7. The Bertz CT molecular complexity index is 815. The van der Waals surface area contributed by atoms with Crippen molar-refractivity contribution in [1.29, 1.82) is 0 Å². The van der Waals surface area contributed by atoms with Crippen molar-refractivity contribution in [2.45, 2.75) is 161 Å². The Labute approximate surface area is 274 Å². The van der Waals surface area contributed by atoms with Crippen LogP contribution in [0.3, 0.4) is 0 Å². The van der Waals surface area contributed by atoms with Gasteiger partial charge >= 0.3 is 11.9 Å². The molecule has 0 aliphatic heterocycles. The van der Waals surface area contributed by atoms with E-state index in [0.717, 1.165) is 57.3 Å². The minimum Gasteiger partial charge on any atom is -0.462 e. The zero-order chi connectivity index (χ0) is 33.4. The van der Waals surface area contributed by atoms with E-state index < -0.39 is 24.8 Å². The van der Waals surface area contributed by atoms with E-state index in [1.807, 2.05) is 36.5 Å². The zero-order valence-corrected chi connectivity index (χ0v) is 28.8. The summed E-state index contributed by atoms with van der Waals surface area (Å²) >= 11 is 0. The number of ether oxygens (including phenoxy) is 2. The first-order chi connectivity index (χ1) is 21.8. The zero-order valence-electron chi connectivity index (χ0n) is 28.8. The Morgan fingerprint density at radius 2 is 1.16 bits per heavy atom. The Hall–Kier alpha value is -2.22.